The number of hydrogen-bond donors (Lipinski definition) is 1. The summed E-state index contributed by atoms with van der Waals surface area (Å²) in [5.74, 6) is 2.08. The van der Waals surface area contributed by atoms with Crippen LogP contribution in [0.1, 0.15) is 39.0 Å². The highest BCUT2D eigenvalue weighted by molar-refractivity contribution is 5.85. The maximum absolute atomic E-state index is 3.62. The number of fused-ring (bicyclic) bond motifs is 3. The monoisotopic (exact) mass is 201 g/mol. The minimum Gasteiger partial charge on any atom is -0.314 e. The van der Waals surface area contributed by atoms with Gasteiger partial charge in [-0.2, -0.15) is 0 Å². The lowest BCUT2D eigenvalue weighted by molar-refractivity contribution is 0.135. The summed E-state index contributed by atoms with van der Waals surface area (Å²) in [6, 6.07) is 0. The Labute approximate surface area is 87.1 Å². The Morgan fingerprint density at radius 2 is 1.77 bits per heavy atom. The van der Waals surface area contributed by atoms with Gasteiger partial charge in [0.25, 0.3) is 0 Å². The second-order valence-corrected chi connectivity index (χ2v) is 5.32. The molecule has 2 bridgehead atoms. The molecular weight excluding hydrogens is 182 g/mol. The van der Waals surface area contributed by atoms with Crippen LogP contribution in [0, 0.1) is 17.3 Å². The first-order chi connectivity index (χ1) is 5.73. The van der Waals surface area contributed by atoms with Crippen LogP contribution in [0.5, 0.6) is 0 Å². The van der Waals surface area contributed by atoms with Crippen molar-refractivity contribution in [1.29, 1.82) is 0 Å². The maximum Gasteiger partial charge on any atom is 0.0237 e. The first kappa shape index (κ1) is 9.79. The van der Waals surface area contributed by atoms with E-state index in [9.17, 15) is 0 Å². The summed E-state index contributed by atoms with van der Waals surface area (Å²) < 4.78 is 0. The maximum atomic E-state index is 3.62. The van der Waals surface area contributed by atoms with Crippen molar-refractivity contribution >= 4 is 12.4 Å². The summed E-state index contributed by atoms with van der Waals surface area (Å²) in [4.78, 5) is 0. The van der Waals surface area contributed by atoms with E-state index < -0.39 is 0 Å². The summed E-state index contributed by atoms with van der Waals surface area (Å²) in [5, 5.41) is 3.62. The van der Waals surface area contributed by atoms with Crippen LogP contribution < -0.4 is 5.32 Å². The normalized spacial score (nSPS) is 49.4. The SMILES string of the molecule is CNC1(C)C2CCC(C2)C12CC2.Cl. The number of hydrogen-bond acceptors (Lipinski definition) is 1. The molecule has 0 radical (unpaired) electrons. The minimum absolute atomic E-state index is 0. The lowest BCUT2D eigenvalue weighted by atomic mass is 9.71. The Balaban J connectivity index is 0.000000653. The van der Waals surface area contributed by atoms with E-state index in [1.165, 1.54) is 32.1 Å². The fourth-order valence-corrected chi connectivity index (χ4v) is 4.35. The average molecular weight is 202 g/mol. The van der Waals surface area contributed by atoms with Gasteiger partial charge in [-0.15, -0.1) is 12.4 Å². The zero-order valence-corrected chi connectivity index (χ0v) is 9.41. The van der Waals surface area contributed by atoms with Gasteiger partial charge in [0.15, 0.2) is 0 Å². The largest absolute Gasteiger partial charge is 0.314 e. The molecule has 3 atom stereocenters. The van der Waals surface area contributed by atoms with Crippen molar-refractivity contribution in [3.8, 4) is 0 Å². The fourth-order valence-electron chi connectivity index (χ4n) is 4.35. The van der Waals surface area contributed by atoms with Crippen molar-refractivity contribution in [2.24, 2.45) is 17.3 Å². The molecular formula is C11H20ClN. The van der Waals surface area contributed by atoms with E-state index in [-0.39, 0.29) is 12.4 Å². The second-order valence-electron chi connectivity index (χ2n) is 5.32. The standard InChI is InChI=1S/C11H19N.ClH/c1-10(12-2)8-3-4-9(7-8)11(10)5-6-11;/h8-9,12H,3-7H2,1-2H3;1H. The highest BCUT2D eigenvalue weighted by Crippen LogP contribution is 2.72. The molecule has 3 saturated carbocycles. The Hall–Kier alpha value is 0.250. The lowest BCUT2D eigenvalue weighted by Crippen LogP contribution is -2.52. The molecule has 0 aliphatic heterocycles. The molecule has 0 saturated heterocycles. The first-order valence-electron chi connectivity index (χ1n) is 5.42. The third kappa shape index (κ3) is 0.880. The zero-order valence-electron chi connectivity index (χ0n) is 8.60. The molecule has 0 aromatic heterocycles. The summed E-state index contributed by atoms with van der Waals surface area (Å²) in [6.45, 7) is 2.48. The molecule has 3 unspecified atom stereocenters. The molecule has 3 aliphatic carbocycles. The van der Waals surface area contributed by atoms with E-state index in [1.54, 1.807) is 0 Å². The van der Waals surface area contributed by atoms with Crippen molar-refractivity contribution in [2.75, 3.05) is 7.05 Å². The molecule has 76 valence electrons. The highest BCUT2D eigenvalue weighted by Gasteiger charge is 2.69. The van der Waals surface area contributed by atoms with E-state index in [4.69, 9.17) is 0 Å². The lowest BCUT2D eigenvalue weighted by Gasteiger charge is -2.42. The quantitative estimate of drug-likeness (QED) is 0.688. The van der Waals surface area contributed by atoms with E-state index in [2.05, 4.69) is 19.3 Å². The van der Waals surface area contributed by atoms with E-state index >= 15 is 0 Å². The van der Waals surface area contributed by atoms with Gasteiger partial charge in [-0.1, -0.05) is 0 Å². The van der Waals surface area contributed by atoms with Crippen molar-refractivity contribution in [3.05, 3.63) is 0 Å². The topological polar surface area (TPSA) is 12.0 Å². The summed E-state index contributed by atoms with van der Waals surface area (Å²) in [6.07, 6.45) is 7.56. The van der Waals surface area contributed by atoms with Crippen LogP contribution in [0.15, 0.2) is 0 Å². The summed E-state index contributed by atoms with van der Waals surface area (Å²) in [5.41, 5.74) is 1.26. The third-order valence-electron chi connectivity index (χ3n) is 5.37. The van der Waals surface area contributed by atoms with Gasteiger partial charge in [-0.25, -0.2) is 0 Å². The predicted molar refractivity (Wildman–Crippen MR) is 57.2 cm³/mol. The number of nitrogens with one attached hydrogen (secondary N) is 1. The van der Waals surface area contributed by atoms with E-state index in [0.717, 1.165) is 17.3 Å². The Morgan fingerprint density at radius 3 is 2.23 bits per heavy atom. The summed E-state index contributed by atoms with van der Waals surface area (Å²) >= 11 is 0. The van der Waals surface area contributed by atoms with Gasteiger partial charge in [0, 0.05) is 5.54 Å². The van der Waals surface area contributed by atoms with Crippen molar-refractivity contribution < 1.29 is 0 Å². The molecule has 1 spiro atoms. The van der Waals surface area contributed by atoms with Gasteiger partial charge in [0.05, 0.1) is 0 Å². The first-order valence-corrected chi connectivity index (χ1v) is 5.42. The molecule has 1 N–H and O–H groups in total. The predicted octanol–water partition coefficient (Wildman–Crippen LogP) is 2.60. The number of rotatable bonds is 1. The minimum atomic E-state index is 0. The smallest absolute Gasteiger partial charge is 0.0237 e. The molecule has 13 heavy (non-hydrogen) atoms. The van der Waals surface area contributed by atoms with Gasteiger partial charge in [0.2, 0.25) is 0 Å². The Bertz CT molecular complexity index is 224. The van der Waals surface area contributed by atoms with Crippen LogP contribution in [-0.4, -0.2) is 12.6 Å². The molecule has 0 amide bonds. The molecule has 1 nitrogen and oxygen atoms in total. The second kappa shape index (κ2) is 2.64. The van der Waals surface area contributed by atoms with Crippen molar-refractivity contribution in [3.63, 3.8) is 0 Å². The highest BCUT2D eigenvalue weighted by atomic mass is 35.5. The fraction of sp³-hybridized carbons (Fsp3) is 1.00. The van der Waals surface area contributed by atoms with Crippen molar-refractivity contribution in [2.45, 2.75) is 44.6 Å². The van der Waals surface area contributed by atoms with Crippen LogP contribution in [0.3, 0.4) is 0 Å². The van der Waals surface area contributed by atoms with Crippen LogP contribution in [0.4, 0.5) is 0 Å². The zero-order chi connectivity index (χ0) is 8.40. The van der Waals surface area contributed by atoms with Gasteiger partial charge < -0.3 is 5.32 Å². The van der Waals surface area contributed by atoms with Gasteiger partial charge in [-0.3, -0.25) is 0 Å². The molecule has 0 aromatic rings. The van der Waals surface area contributed by atoms with Gasteiger partial charge >= 0.3 is 0 Å². The van der Waals surface area contributed by atoms with Crippen LogP contribution in [0.25, 0.3) is 0 Å². The van der Waals surface area contributed by atoms with Crippen LogP contribution in [0.2, 0.25) is 0 Å². The van der Waals surface area contributed by atoms with Crippen LogP contribution in [-0.2, 0) is 0 Å². The Morgan fingerprint density at radius 1 is 1.15 bits per heavy atom. The Kier molecular flexibility index (Phi) is 1.99. The summed E-state index contributed by atoms with van der Waals surface area (Å²) in [7, 11) is 2.17. The van der Waals surface area contributed by atoms with E-state index in [1.807, 2.05) is 0 Å². The van der Waals surface area contributed by atoms with Crippen LogP contribution >= 0.6 is 12.4 Å². The molecule has 2 heteroatoms. The van der Waals surface area contributed by atoms with Gasteiger partial charge in [-0.05, 0) is 63.3 Å². The number of halogens is 1. The average Bonchev–Trinajstić information content (AvgIpc) is 2.68. The van der Waals surface area contributed by atoms with Gasteiger partial charge in [0.1, 0.15) is 0 Å². The third-order valence-corrected chi connectivity index (χ3v) is 5.37. The molecule has 3 aliphatic rings. The molecule has 0 heterocycles. The van der Waals surface area contributed by atoms with Crippen molar-refractivity contribution in [1.82, 2.24) is 5.32 Å². The molecule has 0 aromatic carbocycles. The molecule has 3 fully saturated rings. The molecule has 3 rings (SSSR count). The van der Waals surface area contributed by atoms with E-state index in [0.29, 0.717) is 5.54 Å².